The number of piperazine rings is 1. The van der Waals surface area contributed by atoms with Gasteiger partial charge in [0.1, 0.15) is 0 Å². The average Bonchev–Trinajstić information content (AvgIpc) is 2.84. The molecule has 178 valence electrons. The molecule has 1 saturated carbocycles. The summed E-state index contributed by atoms with van der Waals surface area (Å²) in [7, 11) is 0. The van der Waals surface area contributed by atoms with Crippen molar-refractivity contribution in [1.82, 2.24) is 4.90 Å². The number of hydrogen-bond acceptors (Lipinski definition) is 2. The van der Waals surface area contributed by atoms with E-state index in [1.165, 1.54) is 80.8 Å². The molecule has 0 unspecified atom stereocenters. The Morgan fingerprint density at radius 1 is 0.656 bits per heavy atom. The predicted molar refractivity (Wildman–Crippen MR) is 143 cm³/mol. The highest BCUT2D eigenvalue weighted by Crippen LogP contribution is 2.27. The van der Waals surface area contributed by atoms with Crippen molar-refractivity contribution in [2.75, 3.05) is 37.6 Å². The molecule has 2 nitrogen and oxygen atoms in total. The second-order valence-electron chi connectivity index (χ2n) is 9.96. The molecule has 0 bridgehead atoms. The lowest BCUT2D eigenvalue weighted by Gasteiger charge is -2.35. The normalized spacial score (nSPS) is 21.1. The summed E-state index contributed by atoms with van der Waals surface area (Å²) >= 11 is 0. The number of aryl methyl sites for hydroxylation is 3. The highest BCUT2D eigenvalue weighted by atomic mass is 15.3. The van der Waals surface area contributed by atoms with E-state index >= 15 is 0 Å². The van der Waals surface area contributed by atoms with Crippen LogP contribution in [0.3, 0.4) is 0 Å². The van der Waals surface area contributed by atoms with E-state index in [2.05, 4.69) is 99.9 Å². The lowest BCUT2D eigenvalue weighted by molar-refractivity contribution is 0.271. The highest BCUT2D eigenvalue weighted by molar-refractivity contribution is 5.48. The van der Waals surface area contributed by atoms with Crippen LogP contribution in [0.5, 0.6) is 0 Å². The Balaban J connectivity index is 0.000000190. The van der Waals surface area contributed by atoms with Crippen LogP contribution in [-0.4, -0.2) is 37.6 Å². The van der Waals surface area contributed by atoms with Gasteiger partial charge in [-0.2, -0.15) is 0 Å². The van der Waals surface area contributed by atoms with Crippen molar-refractivity contribution in [3.63, 3.8) is 0 Å². The molecule has 1 heterocycles. The van der Waals surface area contributed by atoms with Crippen LogP contribution in [0, 0.1) is 25.7 Å². The fourth-order valence-corrected chi connectivity index (χ4v) is 4.33. The molecule has 0 radical (unpaired) electrons. The Kier molecular flexibility index (Phi) is 11.9. The van der Waals surface area contributed by atoms with Crippen molar-refractivity contribution >= 4 is 5.69 Å². The molecule has 0 amide bonds. The number of hydrogen-bond donors (Lipinski definition) is 0. The molecule has 2 aromatic carbocycles. The molecule has 4 rings (SSSR count). The van der Waals surface area contributed by atoms with Gasteiger partial charge in [-0.15, -0.1) is 0 Å². The summed E-state index contributed by atoms with van der Waals surface area (Å²) in [4.78, 5) is 5.00. The van der Waals surface area contributed by atoms with Crippen LogP contribution >= 0.6 is 0 Å². The Hall–Kier alpha value is -1.80. The van der Waals surface area contributed by atoms with E-state index in [4.69, 9.17) is 0 Å². The molecule has 2 heteroatoms. The van der Waals surface area contributed by atoms with Crippen LogP contribution in [0.25, 0.3) is 0 Å². The van der Waals surface area contributed by atoms with Crippen molar-refractivity contribution in [2.45, 2.75) is 73.6 Å². The van der Waals surface area contributed by atoms with E-state index in [1.54, 1.807) is 0 Å². The van der Waals surface area contributed by atoms with Gasteiger partial charge in [-0.05, 0) is 56.3 Å². The van der Waals surface area contributed by atoms with Crippen LogP contribution in [0.2, 0.25) is 0 Å². The Labute approximate surface area is 199 Å². The summed E-state index contributed by atoms with van der Waals surface area (Å²) in [6.07, 6.45) is 7.02. The molecule has 2 aliphatic rings. The smallest absolute Gasteiger partial charge is 0.0367 e. The minimum Gasteiger partial charge on any atom is -0.369 e. The second-order valence-corrected chi connectivity index (χ2v) is 9.96. The lowest BCUT2D eigenvalue weighted by Crippen LogP contribution is -2.46. The quantitative estimate of drug-likeness (QED) is 0.490. The predicted octanol–water partition coefficient (Wildman–Crippen LogP) is 7.53. The van der Waals surface area contributed by atoms with Crippen molar-refractivity contribution in [1.29, 1.82) is 0 Å². The number of rotatable bonds is 3. The molecule has 0 spiro atoms. The van der Waals surface area contributed by atoms with Gasteiger partial charge in [0.25, 0.3) is 0 Å². The number of likely N-dealkylation sites (N-methyl/N-ethyl adjacent to an activating group) is 1. The molecule has 32 heavy (non-hydrogen) atoms. The molecule has 1 aliphatic carbocycles. The monoisotopic (exact) mass is 436 g/mol. The molecular formula is C30H48N2. The molecule has 2 fully saturated rings. The second kappa shape index (κ2) is 14.4. The molecule has 0 N–H and O–H groups in total. The minimum absolute atomic E-state index is 1.02. The van der Waals surface area contributed by atoms with Crippen molar-refractivity contribution in [2.24, 2.45) is 11.8 Å². The van der Waals surface area contributed by atoms with Crippen LogP contribution in [-0.2, 0) is 6.42 Å². The number of anilines is 1. The summed E-state index contributed by atoms with van der Waals surface area (Å²) < 4.78 is 0. The van der Waals surface area contributed by atoms with Gasteiger partial charge < -0.3 is 9.80 Å². The minimum atomic E-state index is 1.02. The maximum atomic E-state index is 2.51. The van der Waals surface area contributed by atoms with E-state index < -0.39 is 0 Å². The Morgan fingerprint density at radius 3 is 1.47 bits per heavy atom. The Morgan fingerprint density at radius 2 is 1.09 bits per heavy atom. The molecule has 0 atom stereocenters. The van der Waals surface area contributed by atoms with Crippen LogP contribution in [0.1, 0.15) is 70.1 Å². The lowest BCUT2D eigenvalue weighted by atomic mass is 9.84. The van der Waals surface area contributed by atoms with Gasteiger partial charge in [0.2, 0.25) is 0 Å². The molecule has 2 aromatic rings. The first kappa shape index (κ1) is 26.5. The molecular weight excluding hydrogens is 388 g/mol. The topological polar surface area (TPSA) is 6.48 Å². The molecule has 1 saturated heterocycles. The van der Waals surface area contributed by atoms with Crippen LogP contribution < -0.4 is 4.90 Å². The zero-order valence-corrected chi connectivity index (χ0v) is 21.7. The Bertz CT molecular complexity index is 687. The summed E-state index contributed by atoms with van der Waals surface area (Å²) in [5, 5.41) is 0. The summed E-state index contributed by atoms with van der Waals surface area (Å²) in [5.74, 6) is 2.04. The summed E-state index contributed by atoms with van der Waals surface area (Å²) in [6, 6.07) is 17.5. The van der Waals surface area contributed by atoms with Gasteiger partial charge in [-0.3, -0.25) is 0 Å². The first-order valence-corrected chi connectivity index (χ1v) is 13.0. The molecule has 0 aromatic heterocycles. The van der Waals surface area contributed by atoms with Crippen molar-refractivity contribution in [3.8, 4) is 0 Å². The molecule has 1 aliphatic heterocycles. The zero-order chi connectivity index (χ0) is 23.3. The average molecular weight is 437 g/mol. The van der Waals surface area contributed by atoms with E-state index in [-0.39, 0.29) is 0 Å². The first-order valence-electron chi connectivity index (χ1n) is 13.0. The van der Waals surface area contributed by atoms with Gasteiger partial charge >= 0.3 is 0 Å². The third kappa shape index (κ3) is 9.77. The number of benzene rings is 2. The van der Waals surface area contributed by atoms with Gasteiger partial charge in [0, 0.05) is 31.9 Å². The standard InChI is InChI=1S/C14H22N2.C8H16.C8H10/c1-3-13-5-7-14(8-6-13)16-11-9-15(4-2)10-12-16;2*1-7-3-5-8(2)6-4-7/h5-8H,3-4,9-12H2,1-2H3;7-8H,3-6H2,1-2H3;3-6H,1-2H3. The van der Waals surface area contributed by atoms with E-state index in [0.29, 0.717) is 0 Å². The van der Waals surface area contributed by atoms with E-state index in [9.17, 15) is 0 Å². The van der Waals surface area contributed by atoms with Crippen LogP contribution in [0.15, 0.2) is 48.5 Å². The maximum Gasteiger partial charge on any atom is 0.0367 e. The maximum absolute atomic E-state index is 2.51. The fourth-order valence-electron chi connectivity index (χ4n) is 4.33. The van der Waals surface area contributed by atoms with Crippen LogP contribution in [0.4, 0.5) is 5.69 Å². The SMILES string of the molecule is CC1CCC(C)CC1.CCc1ccc(N2CCN(CC)CC2)cc1.Cc1ccc(C)cc1. The largest absolute Gasteiger partial charge is 0.369 e. The third-order valence-electron chi connectivity index (χ3n) is 7.05. The first-order chi connectivity index (χ1) is 15.4. The fraction of sp³-hybridized carbons (Fsp3) is 0.600. The van der Waals surface area contributed by atoms with Gasteiger partial charge in [0.05, 0.1) is 0 Å². The third-order valence-corrected chi connectivity index (χ3v) is 7.05. The van der Waals surface area contributed by atoms with Crippen molar-refractivity contribution in [3.05, 3.63) is 65.2 Å². The zero-order valence-electron chi connectivity index (χ0n) is 21.7. The summed E-state index contributed by atoms with van der Waals surface area (Å²) in [5.41, 5.74) is 5.47. The van der Waals surface area contributed by atoms with Gasteiger partial charge in [0.15, 0.2) is 0 Å². The summed E-state index contributed by atoms with van der Waals surface area (Å²) in [6.45, 7) is 19.3. The van der Waals surface area contributed by atoms with Gasteiger partial charge in [-0.1, -0.05) is 101 Å². The highest BCUT2D eigenvalue weighted by Gasteiger charge is 2.15. The van der Waals surface area contributed by atoms with E-state index in [0.717, 1.165) is 18.3 Å². The van der Waals surface area contributed by atoms with Gasteiger partial charge in [-0.25, -0.2) is 0 Å². The van der Waals surface area contributed by atoms with E-state index in [1.807, 2.05) is 0 Å². The van der Waals surface area contributed by atoms with Crippen molar-refractivity contribution < 1.29 is 0 Å². The number of nitrogens with zero attached hydrogens (tertiary/aromatic N) is 2.